The van der Waals surface area contributed by atoms with E-state index >= 15 is 0 Å². The van der Waals surface area contributed by atoms with Gasteiger partial charge in [-0.2, -0.15) is 18.3 Å². The minimum Gasteiger partial charge on any atom is -0.380 e. The summed E-state index contributed by atoms with van der Waals surface area (Å²) in [4.78, 5) is 8.33. The Morgan fingerprint density at radius 2 is 1.71 bits per heavy atom. The number of nitrogens with zero attached hydrogens (tertiary/aromatic N) is 5. The van der Waals surface area contributed by atoms with Gasteiger partial charge in [-0.25, -0.2) is 23.1 Å². The van der Waals surface area contributed by atoms with Crippen molar-refractivity contribution in [3.63, 3.8) is 0 Å². The summed E-state index contributed by atoms with van der Waals surface area (Å²) in [5.74, 6) is -3.21. The van der Waals surface area contributed by atoms with Gasteiger partial charge in [0.2, 0.25) is 0 Å². The van der Waals surface area contributed by atoms with E-state index in [9.17, 15) is 26.3 Å². The van der Waals surface area contributed by atoms with Crippen molar-refractivity contribution in [2.24, 2.45) is 0 Å². The Morgan fingerprint density at radius 3 is 2.46 bits per heavy atom. The largest absolute Gasteiger partial charge is 0.416 e. The summed E-state index contributed by atoms with van der Waals surface area (Å²) in [6, 6.07) is 7.02. The molecule has 0 amide bonds. The number of fused-ring (bicyclic) bond motifs is 1. The average Bonchev–Trinajstić information content (AvgIpc) is 3.42. The SMILES string of the molecule is Nc1nn(Cc2cc(-c3ccc(C(F)(F)F)cc3F)no2)cc2nc(-c3cccc(F)c3F)nc1-2. The quantitative estimate of drug-likeness (QED) is 0.350. The molecule has 0 unspecified atom stereocenters. The van der Waals surface area contributed by atoms with Gasteiger partial charge in [-0.3, -0.25) is 4.68 Å². The van der Waals surface area contributed by atoms with Gasteiger partial charge in [0.15, 0.2) is 29.0 Å². The molecular formula is C22H12F6N6O. The van der Waals surface area contributed by atoms with Crippen LogP contribution in [0, 0.1) is 17.5 Å². The standard InChI is InChI=1S/C22H12F6N6O/c23-14-3-1-2-13(18(14)25)21-30-17-9-34(32-20(29)19(17)31-21)8-11-7-16(33-35-11)12-5-4-10(6-15(12)24)22(26,27)28/h1-7,9H,8H2,(H2,29,32). The third-order valence-corrected chi connectivity index (χ3v) is 5.08. The molecule has 178 valence electrons. The molecule has 0 atom stereocenters. The molecule has 0 bridgehead atoms. The molecule has 3 aromatic rings. The molecule has 0 saturated heterocycles. The summed E-state index contributed by atoms with van der Waals surface area (Å²) in [6.45, 7) is -0.0497. The van der Waals surface area contributed by atoms with Crippen LogP contribution in [0.15, 0.2) is 53.2 Å². The van der Waals surface area contributed by atoms with Crippen LogP contribution in [-0.2, 0) is 12.7 Å². The second kappa shape index (κ2) is 8.11. The maximum atomic E-state index is 14.2. The van der Waals surface area contributed by atoms with Gasteiger partial charge < -0.3 is 10.3 Å². The van der Waals surface area contributed by atoms with E-state index in [2.05, 4.69) is 20.2 Å². The van der Waals surface area contributed by atoms with Gasteiger partial charge in [-0.1, -0.05) is 11.2 Å². The monoisotopic (exact) mass is 490 g/mol. The number of imidazole rings is 1. The second-order valence-corrected chi connectivity index (χ2v) is 7.47. The van der Waals surface area contributed by atoms with E-state index in [1.165, 1.54) is 29.1 Å². The Balaban J connectivity index is 1.43. The van der Waals surface area contributed by atoms with Gasteiger partial charge in [0.25, 0.3) is 0 Å². The summed E-state index contributed by atoms with van der Waals surface area (Å²) < 4.78 is 86.7. The highest BCUT2D eigenvalue weighted by atomic mass is 19.4. The number of rotatable bonds is 4. The van der Waals surface area contributed by atoms with Gasteiger partial charge >= 0.3 is 6.18 Å². The molecule has 35 heavy (non-hydrogen) atoms. The lowest BCUT2D eigenvalue weighted by molar-refractivity contribution is -0.137. The van der Waals surface area contributed by atoms with E-state index in [0.717, 1.165) is 18.2 Å². The van der Waals surface area contributed by atoms with Crippen molar-refractivity contribution in [3.05, 3.63) is 77.4 Å². The highest BCUT2D eigenvalue weighted by molar-refractivity contribution is 5.72. The summed E-state index contributed by atoms with van der Waals surface area (Å²) in [7, 11) is 0. The van der Waals surface area contributed by atoms with Gasteiger partial charge in [0, 0.05) is 11.6 Å². The van der Waals surface area contributed by atoms with E-state index in [4.69, 9.17) is 10.3 Å². The Hall–Kier alpha value is -4.42. The number of hydrogen-bond donors (Lipinski definition) is 1. The van der Waals surface area contributed by atoms with E-state index in [-0.39, 0.29) is 52.2 Å². The minimum absolute atomic E-state index is 0.0159. The molecule has 2 aromatic carbocycles. The van der Waals surface area contributed by atoms with Crippen LogP contribution in [0.2, 0.25) is 0 Å². The van der Waals surface area contributed by atoms with Gasteiger partial charge in [0.05, 0.1) is 17.3 Å². The molecule has 1 aromatic heterocycles. The third-order valence-electron chi connectivity index (χ3n) is 5.08. The summed E-state index contributed by atoms with van der Waals surface area (Å²) in [5, 5.41) is 7.83. The normalized spacial score (nSPS) is 11.9. The summed E-state index contributed by atoms with van der Waals surface area (Å²) >= 11 is 0. The number of benzene rings is 2. The van der Waals surface area contributed by atoms with Crippen molar-refractivity contribution in [3.8, 4) is 34.0 Å². The van der Waals surface area contributed by atoms with E-state index in [1.54, 1.807) is 0 Å². The first-order valence-electron chi connectivity index (χ1n) is 9.88. The van der Waals surface area contributed by atoms with Crippen molar-refractivity contribution in [1.29, 1.82) is 0 Å². The molecule has 2 aliphatic rings. The van der Waals surface area contributed by atoms with Gasteiger partial charge in [-0.15, -0.1) is 0 Å². The predicted molar refractivity (Wildman–Crippen MR) is 110 cm³/mol. The average molecular weight is 490 g/mol. The van der Waals surface area contributed by atoms with E-state index < -0.39 is 29.2 Å². The van der Waals surface area contributed by atoms with Crippen molar-refractivity contribution in [2.45, 2.75) is 12.7 Å². The van der Waals surface area contributed by atoms with Crippen LogP contribution in [0.1, 0.15) is 11.3 Å². The van der Waals surface area contributed by atoms with Crippen LogP contribution in [-0.4, -0.2) is 24.9 Å². The molecule has 0 spiro atoms. The number of hydrogen-bond acceptors (Lipinski definition) is 6. The molecule has 5 rings (SSSR count). The van der Waals surface area contributed by atoms with Crippen LogP contribution >= 0.6 is 0 Å². The fraction of sp³-hybridized carbons (Fsp3) is 0.0909. The first-order valence-corrected chi connectivity index (χ1v) is 9.88. The zero-order valence-electron chi connectivity index (χ0n) is 17.3. The van der Waals surface area contributed by atoms with Crippen molar-refractivity contribution in [2.75, 3.05) is 5.73 Å². The van der Waals surface area contributed by atoms with Crippen LogP contribution in [0.25, 0.3) is 34.0 Å². The predicted octanol–water partition coefficient (Wildman–Crippen LogP) is 5.17. The van der Waals surface area contributed by atoms with Gasteiger partial charge in [-0.05, 0) is 30.3 Å². The van der Waals surface area contributed by atoms with Crippen molar-refractivity contribution in [1.82, 2.24) is 24.9 Å². The zero-order chi connectivity index (χ0) is 24.9. The lowest BCUT2D eigenvalue weighted by atomic mass is 10.1. The molecule has 0 aliphatic carbocycles. The molecule has 0 saturated carbocycles. The lowest BCUT2D eigenvalue weighted by Gasteiger charge is -2.07. The highest BCUT2D eigenvalue weighted by Gasteiger charge is 2.31. The van der Waals surface area contributed by atoms with Crippen LogP contribution in [0.4, 0.5) is 32.2 Å². The van der Waals surface area contributed by atoms with E-state index in [0.29, 0.717) is 6.07 Å². The molecule has 3 heterocycles. The van der Waals surface area contributed by atoms with E-state index in [1.807, 2.05) is 0 Å². The topological polar surface area (TPSA) is 95.7 Å². The molecular weight excluding hydrogens is 478 g/mol. The Labute approximate surface area is 192 Å². The summed E-state index contributed by atoms with van der Waals surface area (Å²) in [5.41, 5.74) is 4.89. The third kappa shape index (κ3) is 4.16. The number of nitrogen functional groups attached to an aromatic ring is 1. The summed E-state index contributed by atoms with van der Waals surface area (Å²) in [6.07, 6.45) is -3.25. The number of halogens is 6. The fourth-order valence-corrected chi connectivity index (χ4v) is 3.44. The number of aromatic nitrogens is 5. The maximum Gasteiger partial charge on any atom is 0.416 e. The fourth-order valence-electron chi connectivity index (χ4n) is 3.44. The Bertz CT molecular complexity index is 1530. The number of nitrogens with two attached hydrogens (primary N) is 1. The van der Waals surface area contributed by atoms with Crippen molar-refractivity contribution < 1.29 is 30.9 Å². The smallest absolute Gasteiger partial charge is 0.380 e. The molecule has 0 radical (unpaired) electrons. The Kier molecular flexibility index (Phi) is 5.19. The maximum absolute atomic E-state index is 14.2. The first-order chi connectivity index (χ1) is 16.6. The minimum atomic E-state index is -4.68. The number of anilines is 1. The van der Waals surface area contributed by atoms with Crippen molar-refractivity contribution >= 4 is 5.82 Å². The lowest BCUT2D eigenvalue weighted by Crippen LogP contribution is -2.09. The first kappa shape index (κ1) is 22.4. The second-order valence-electron chi connectivity index (χ2n) is 7.47. The van der Waals surface area contributed by atoms with Gasteiger partial charge in [0.1, 0.15) is 29.4 Å². The molecule has 0 fully saturated rings. The van der Waals surface area contributed by atoms with Crippen LogP contribution in [0.3, 0.4) is 0 Å². The zero-order valence-corrected chi connectivity index (χ0v) is 17.3. The molecule has 13 heteroatoms. The highest BCUT2D eigenvalue weighted by Crippen LogP contribution is 2.33. The van der Waals surface area contributed by atoms with Crippen LogP contribution in [0.5, 0.6) is 0 Å². The number of alkyl halides is 3. The Morgan fingerprint density at radius 1 is 0.914 bits per heavy atom. The molecule has 7 nitrogen and oxygen atoms in total. The van der Waals surface area contributed by atoms with Crippen LogP contribution < -0.4 is 5.73 Å². The molecule has 2 N–H and O–H groups in total. The molecule has 2 aliphatic heterocycles.